The monoisotopic (exact) mass is 261 g/mol. The maximum atomic E-state index is 12.3. The average Bonchev–Trinajstić information content (AvgIpc) is 2.64. The molecule has 2 amide bonds. The zero-order valence-corrected chi connectivity index (χ0v) is 11.6. The predicted octanol–water partition coefficient (Wildman–Crippen LogP) is 2.94. The third kappa shape index (κ3) is 3.70. The van der Waals surface area contributed by atoms with Crippen LogP contribution in [0.3, 0.4) is 0 Å². The smallest absolute Gasteiger partial charge is 0.322 e. The van der Waals surface area contributed by atoms with E-state index in [1.165, 1.54) is 12.8 Å². The molecule has 1 atom stereocenters. The molecule has 104 valence electrons. The van der Waals surface area contributed by atoms with Gasteiger partial charge in [0.15, 0.2) is 0 Å². The van der Waals surface area contributed by atoms with E-state index in [4.69, 9.17) is 5.73 Å². The predicted molar refractivity (Wildman–Crippen MR) is 78.0 cm³/mol. The highest BCUT2D eigenvalue weighted by Gasteiger charge is 2.21. The lowest BCUT2D eigenvalue weighted by atomic mass is 10.1. The minimum atomic E-state index is 0.00917. The van der Waals surface area contributed by atoms with E-state index in [-0.39, 0.29) is 6.03 Å². The lowest BCUT2D eigenvalue weighted by Gasteiger charge is -2.27. The summed E-state index contributed by atoms with van der Waals surface area (Å²) in [6.07, 6.45) is 4.64. The molecule has 4 nitrogen and oxygen atoms in total. The summed E-state index contributed by atoms with van der Waals surface area (Å²) in [7, 11) is 0. The van der Waals surface area contributed by atoms with Crippen molar-refractivity contribution in [2.45, 2.75) is 45.2 Å². The van der Waals surface area contributed by atoms with Crippen LogP contribution < -0.4 is 11.1 Å². The summed E-state index contributed by atoms with van der Waals surface area (Å²) >= 11 is 0. The van der Waals surface area contributed by atoms with Gasteiger partial charge in [0, 0.05) is 24.8 Å². The first kappa shape index (κ1) is 13.9. The van der Waals surface area contributed by atoms with Gasteiger partial charge in [-0.15, -0.1) is 0 Å². The van der Waals surface area contributed by atoms with Crippen molar-refractivity contribution in [2.75, 3.05) is 11.9 Å². The molecule has 1 aromatic carbocycles. The van der Waals surface area contributed by atoms with E-state index >= 15 is 0 Å². The van der Waals surface area contributed by atoms with Crippen molar-refractivity contribution in [3.63, 3.8) is 0 Å². The molecular weight excluding hydrogens is 238 g/mol. The van der Waals surface area contributed by atoms with Gasteiger partial charge in [0.2, 0.25) is 0 Å². The molecule has 1 aromatic rings. The van der Waals surface area contributed by atoms with Gasteiger partial charge in [-0.2, -0.15) is 0 Å². The first-order chi connectivity index (χ1) is 9.20. The number of hydrogen-bond acceptors (Lipinski definition) is 2. The van der Waals surface area contributed by atoms with Crippen LogP contribution in [-0.4, -0.2) is 23.5 Å². The Kier molecular flexibility index (Phi) is 4.80. The second-order valence-electron chi connectivity index (χ2n) is 5.22. The molecule has 1 unspecified atom stereocenters. The van der Waals surface area contributed by atoms with Gasteiger partial charge < -0.3 is 16.0 Å². The van der Waals surface area contributed by atoms with Gasteiger partial charge >= 0.3 is 6.03 Å². The first-order valence-electron chi connectivity index (χ1n) is 7.07. The van der Waals surface area contributed by atoms with Crippen LogP contribution in [0.2, 0.25) is 0 Å². The summed E-state index contributed by atoms with van der Waals surface area (Å²) in [5.41, 5.74) is 7.46. The number of rotatable bonds is 2. The Morgan fingerprint density at radius 1 is 1.32 bits per heavy atom. The number of urea groups is 1. The summed E-state index contributed by atoms with van der Waals surface area (Å²) in [4.78, 5) is 14.2. The third-order valence-corrected chi connectivity index (χ3v) is 3.75. The third-order valence-electron chi connectivity index (χ3n) is 3.75. The Bertz CT molecular complexity index is 416. The van der Waals surface area contributed by atoms with Gasteiger partial charge in [0.05, 0.1) is 0 Å². The maximum Gasteiger partial charge on any atom is 0.322 e. The first-order valence-corrected chi connectivity index (χ1v) is 7.07. The summed E-state index contributed by atoms with van der Waals surface area (Å²) in [6, 6.07) is 8.04. The molecule has 0 aromatic heterocycles. The molecular formula is C15H23N3O. The number of benzene rings is 1. The van der Waals surface area contributed by atoms with Crippen molar-refractivity contribution < 1.29 is 4.79 Å². The number of nitrogens with two attached hydrogens (primary N) is 1. The van der Waals surface area contributed by atoms with Crippen LogP contribution in [0.15, 0.2) is 24.3 Å². The van der Waals surface area contributed by atoms with Crippen LogP contribution in [0.5, 0.6) is 0 Å². The Morgan fingerprint density at radius 3 is 2.74 bits per heavy atom. The number of likely N-dealkylation sites (tertiary alicyclic amines) is 1. The SMILES string of the molecule is CC1CCCCCN1C(=O)Nc1ccc(CN)cc1. The summed E-state index contributed by atoms with van der Waals surface area (Å²) in [5, 5.41) is 2.97. The van der Waals surface area contributed by atoms with E-state index < -0.39 is 0 Å². The normalized spacial score (nSPS) is 19.9. The molecule has 0 radical (unpaired) electrons. The second kappa shape index (κ2) is 6.57. The fourth-order valence-electron chi connectivity index (χ4n) is 2.50. The topological polar surface area (TPSA) is 58.4 Å². The molecule has 0 saturated carbocycles. The van der Waals surface area contributed by atoms with Gasteiger partial charge in [0.1, 0.15) is 0 Å². The minimum Gasteiger partial charge on any atom is -0.326 e. The summed E-state index contributed by atoms with van der Waals surface area (Å²) in [5.74, 6) is 0. The number of carbonyl (C=O) groups excluding carboxylic acids is 1. The van der Waals surface area contributed by atoms with Gasteiger partial charge in [-0.25, -0.2) is 4.79 Å². The molecule has 1 saturated heterocycles. The van der Waals surface area contributed by atoms with E-state index in [0.717, 1.165) is 30.6 Å². The van der Waals surface area contributed by atoms with Crippen LogP contribution in [0.1, 0.15) is 38.2 Å². The van der Waals surface area contributed by atoms with Gasteiger partial charge in [-0.1, -0.05) is 25.0 Å². The zero-order chi connectivity index (χ0) is 13.7. The molecule has 1 heterocycles. The fraction of sp³-hybridized carbons (Fsp3) is 0.533. The number of nitrogens with zero attached hydrogens (tertiary/aromatic N) is 1. The standard InChI is InChI=1S/C15H23N3O/c1-12-5-3-2-4-10-18(12)15(19)17-14-8-6-13(11-16)7-9-14/h6-9,12H,2-5,10-11,16H2,1H3,(H,17,19). The van der Waals surface area contributed by atoms with Crippen molar-refractivity contribution in [3.05, 3.63) is 29.8 Å². The second-order valence-corrected chi connectivity index (χ2v) is 5.22. The quantitative estimate of drug-likeness (QED) is 0.860. The van der Waals surface area contributed by atoms with Gasteiger partial charge in [0.25, 0.3) is 0 Å². The number of nitrogens with one attached hydrogen (secondary N) is 1. The van der Waals surface area contributed by atoms with Gasteiger partial charge in [-0.3, -0.25) is 0 Å². The molecule has 19 heavy (non-hydrogen) atoms. The number of hydrogen-bond donors (Lipinski definition) is 2. The van der Waals surface area contributed by atoms with Crippen molar-refractivity contribution in [1.29, 1.82) is 0 Å². The van der Waals surface area contributed by atoms with E-state index in [1.54, 1.807) is 0 Å². The van der Waals surface area contributed by atoms with Crippen molar-refractivity contribution >= 4 is 11.7 Å². The molecule has 0 spiro atoms. The van der Waals surface area contributed by atoms with Crippen LogP contribution >= 0.6 is 0 Å². The highest BCUT2D eigenvalue weighted by molar-refractivity contribution is 5.89. The van der Waals surface area contributed by atoms with Crippen molar-refractivity contribution in [2.24, 2.45) is 5.73 Å². The van der Waals surface area contributed by atoms with Crippen LogP contribution in [0.25, 0.3) is 0 Å². The molecule has 1 fully saturated rings. The minimum absolute atomic E-state index is 0.00917. The molecule has 4 heteroatoms. The van der Waals surface area contributed by atoms with E-state index in [2.05, 4.69) is 12.2 Å². The van der Waals surface area contributed by atoms with Gasteiger partial charge in [-0.05, 0) is 37.5 Å². The fourth-order valence-corrected chi connectivity index (χ4v) is 2.50. The molecule has 0 bridgehead atoms. The van der Waals surface area contributed by atoms with Crippen molar-refractivity contribution in [1.82, 2.24) is 4.90 Å². The van der Waals surface area contributed by atoms with Crippen LogP contribution in [-0.2, 0) is 6.54 Å². The Labute approximate surface area is 115 Å². The Hall–Kier alpha value is -1.55. The molecule has 3 N–H and O–H groups in total. The Balaban J connectivity index is 1.98. The maximum absolute atomic E-state index is 12.3. The largest absolute Gasteiger partial charge is 0.326 e. The van der Waals surface area contributed by atoms with E-state index in [9.17, 15) is 4.79 Å². The van der Waals surface area contributed by atoms with Crippen LogP contribution in [0, 0.1) is 0 Å². The van der Waals surface area contributed by atoms with E-state index in [0.29, 0.717) is 12.6 Å². The lowest BCUT2D eigenvalue weighted by Crippen LogP contribution is -2.41. The number of anilines is 1. The zero-order valence-electron chi connectivity index (χ0n) is 11.6. The highest BCUT2D eigenvalue weighted by Crippen LogP contribution is 2.18. The summed E-state index contributed by atoms with van der Waals surface area (Å²) < 4.78 is 0. The summed E-state index contributed by atoms with van der Waals surface area (Å²) in [6.45, 7) is 3.51. The Morgan fingerprint density at radius 2 is 2.05 bits per heavy atom. The highest BCUT2D eigenvalue weighted by atomic mass is 16.2. The number of carbonyl (C=O) groups is 1. The van der Waals surface area contributed by atoms with Crippen LogP contribution in [0.4, 0.5) is 10.5 Å². The van der Waals surface area contributed by atoms with Crippen molar-refractivity contribution in [3.8, 4) is 0 Å². The molecule has 1 aliphatic heterocycles. The average molecular weight is 261 g/mol. The number of amides is 2. The molecule has 1 aliphatic rings. The molecule has 2 rings (SSSR count). The van der Waals surface area contributed by atoms with E-state index in [1.807, 2.05) is 29.2 Å². The molecule has 0 aliphatic carbocycles. The lowest BCUT2D eigenvalue weighted by molar-refractivity contribution is 0.194.